The number of hydrogen-bond donors (Lipinski definition) is 0. The SMILES string of the molecule is Cc1ccc([C@H]2CCN(C(=O)c3cnn(C)c3C3CCN(C(=O)OC(C)(C)C)CC3)C2)cc1. The van der Waals surface area contributed by atoms with Crippen molar-refractivity contribution in [3.63, 3.8) is 0 Å². The molecule has 3 heterocycles. The highest BCUT2D eigenvalue weighted by Gasteiger charge is 2.34. The molecule has 0 saturated carbocycles. The number of aryl methyl sites for hydroxylation is 2. The maximum Gasteiger partial charge on any atom is 0.410 e. The summed E-state index contributed by atoms with van der Waals surface area (Å²) in [5, 5.41) is 4.44. The van der Waals surface area contributed by atoms with Crippen molar-refractivity contribution in [1.82, 2.24) is 19.6 Å². The Kier molecular flexibility index (Phi) is 6.50. The van der Waals surface area contributed by atoms with E-state index in [2.05, 4.69) is 36.3 Å². The third-order valence-corrected chi connectivity index (χ3v) is 6.77. The van der Waals surface area contributed by atoms with E-state index in [1.165, 1.54) is 11.1 Å². The fourth-order valence-electron chi connectivity index (χ4n) is 4.98. The zero-order chi connectivity index (χ0) is 23.8. The summed E-state index contributed by atoms with van der Waals surface area (Å²) in [7, 11) is 1.91. The minimum Gasteiger partial charge on any atom is -0.444 e. The lowest BCUT2D eigenvalue weighted by atomic mass is 9.91. The van der Waals surface area contributed by atoms with Crippen molar-refractivity contribution in [2.24, 2.45) is 7.05 Å². The molecule has 0 bridgehead atoms. The van der Waals surface area contributed by atoms with Crippen LogP contribution >= 0.6 is 0 Å². The summed E-state index contributed by atoms with van der Waals surface area (Å²) in [6, 6.07) is 8.65. The molecular weight excluding hydrogens is 416 g/mol. The van der Waals surface area contributed by atoms with Gasteiger partial charge in [-0.1, -0.05) is 29.8 Å². The monoisotopic (exact) mass is 452 g/mol. The Bertz CT molecular complexity index is 998. The van der Waals surface area contributed by atoms with Crippen LogP contribution in [0.3, 0.4) is 0 Å². The Morgan fingerprint density at radius 1 is 0.970 bits per heavy atom. The molecule has 33 heavy (non-hydrogen) atoms. The highest BCUT2D eigenvalue weighted by atomic mass is 16.6. The molecule has 2 aliphatic rings. The van der Waals surface area contributed by atoms with Crippen LogP contribution in [0.15, 0.2) is 30.5 Å². The van der Waals surface area contributed by atoms with Gasteiger partial charge in [0.1, 0.15) is 5.60 Å². The quantitative estimate of drug-likeness (QED) is 0.689. The van der Waals surface area contributed by atoms with Gasteiger partial charge in [0, 0.05) is 45.1 Å². The second-order valence-corrected chi connectivity index (χ2v) is 10.5. The van der Waals surface area contributed by atoms with E-state index < -0.39 is 5.60 Å². The van der Waals surface area contributed by atoms with E-state index in [1.807, 2.05) is 37.4 Å². The summed E-state index contributed by atoms with van der Waals surface area (Å²) in [4.78, 5) is 29.6. The molecule has 0 radical (unpaired) electrons. The first kappa shape index (κ1) is 23.3. The molecule has 2 aromatic rings. The van der Waals surface area contributed by atoms with Gasteiger partial charge in [-0.15, -0.1) is 0 Å². The predicted molar refractivity (Wildman–Crippen MR) is 127 cm³/mol. The molecule has 7 heteroatoms. The molecule has 0 spiro atoms. The lowest BCUT2D eigenvalue weighted by molar-refractivity contribution is 0.0202. The minimum atomic E-state index is -0.498. The molecule has 0 aliphatic carbocycles. The lowest BCUT2D eigenvalue weighted by Gasteiger charge is -2.34. The normalized spacial score (nSPS) is 19.7. The number of likely N-dealkylation sites (tertiary alicyclic amines) is 2. The number of nitrogens with zero attached hydrogens (tertiary/aromatic N) is 4. The third kappa shape index (κ3) is 5.23. The van der Waals surface area contributed by atoms with Gasteiger partial charge < -0.3 is 14.5 Å². The number of piperidine rings is 1. The first-order chi connectivity index (χ1) is 15.6. The van der Waals surface area contributed by atoms with Crippen molar-refractivity contribution in [2.45, 2.75) is 64.4 Å². The number of carbonyl (C=O) groups excluding carboxylic acids is 2. The lowest BCUT2D eigenvalue weighted by Crippen LogP contribution is -2.41. The number of benzene rings is 1. The predicted octanol–water partition coefficient (Wildman–Crippen LogP) is 4.47. The molecule has 178 valence electrons. The van der Waals surface area contributed by atoms with Crippen molar-refractivity contribution < 1.29 is 14.3 Å². The molecule has 2 amide bonds. The van der Waals surface area contributed by atoms with Crippen LogP contribution in [0.1, 0.15) is 79.0 Å². The Balaban J connectivity index is 1.42. The summed E-state index contributed by atoms with van der Waals surface area (Å²) in [6.07, 6.45) is 4.03. The molecule has 4 rings (SSSR count). The highest BCUT2D eigenvalue weighted by molar-refractivity contribution is 5.95. The zero-order valence-corrected chi connectivity index (χ0v) is 20.5. The van der Waals surface area contributed by atoms with E-state index in [-0.39, 0.29) is 17.9 Å². The standard InChI is InChI=1S/C26H36N4O3/c1-18-6-8-19(9-7-18)21-12-15-30(17-21)24(31)22-16-27-28(5)23(22)20-10-13-29(14-11-20)25(32)33-26(2,3)4/h6-9,16,20-21H,10-15,17H2,1-5H3/t21-/m0/s1. The Morgan fingerprint density at radius 2 is 1.58 bits per heavy atom. The number of ether oxygens (including phenoxy) is 1. The average Bonchev–Trinajstić information content (AvgIpc) is 3.40. The number of carbonyl (C=O) groups is 2. The van der Waals surface area contributed by atoms with Gasteiger partial charge in [-0.3, -0.25) is 9.48 Å². The molecule has 0 N–H and O–H groups in total. The highest BCUT2D eigenvalue weighted by Crippen LogP contribution is 2.33. The molecule has 0 unspecified atom stereocenters. The summed E-state index contributed by atoms with van der Waals surface area (Å²) in [5.74, 6) is 0.652. The number of amides is 2. The number of aromatic nitrogens is 2. The number of hydrogen-bond acceptors (Lipinski definition) is 4. The molecule has 7 nitrogen and oxygen atoms in total. The number of rotatable bonds is 3. The van der Waals surface area contributed by atoms with Crippen LogP contribution in [0.2, 0.25) is 0 Å². The van der Waals surface area contributed by atoms with E-state index in [1.54, 1.807) is 11.1 Å². The maximum absolute atomic E-state index is 13.5. The van der Waals surface area contributed by atoms with E-state index in [0.717, 1.165) is 38.0 Å². The molecule has 1 aromatic heterocycles. The van der Waals surface area contributed by atoms with Crippen molar-refractivity contribution in [1.29, 1.82) is 0 Å². The molecule has 1 atom stereocenters. The van der Waals surface area contributed by atoms with Gasteiger partial charge in [0.05, 0.1) is 17.5 Å². The average molecular weight is 453 g/mol. The van der Waals surface area contributed by atoms with Crippen molar-refractivity contribution in [2.75, 3.05) is 26.2 Å². The molecule has 2 fully saturated rings. The zero-order valence-electron chi connectivity index (χ0n) is 20.5. The van der Waals surface area contributed by atoms with Gasteiger partial charge in [-0.25, -0.2) is 4.79 Å². The third-order valence-electron chi connectivity index (χ3n) is 6.77. The van der Waals surface area contributed by atoms with Gasteiger partial charge in [-0.2, -0.15) is 5.10 Å². The largest absolute Gasteiger partial charge is 0.444 e. The van der Waals surface area contributed by atoms with Crippen LogP contribution in [0.4, 0.5) is 4.79 Å². The van der Waals surface area contributed by atoms with Crippen LogP contribution in [0, 0.1) is 6.92 Å². The fourth-order valence-corrected chi connectivity index (χ4v) is 4.98. The first-order valence-corrected chi connectivity index (χ1v) is 12.0. The van der Waals surface area contributed by atoms with E-state index in [4.69, 9.17) is 4.74 Å². The van der Waals surface area contributed by atoms with E-state index in [0.29, 0.717) is 24.6 Å². The van der Waals surface area contributed by atoms with Crippen LogP contribution in [-0.2, 0) is 11.8 Å². The van der Waals surface area contributed by atoms with Crippen molar-refractivity contribution >= 4 is 12.0 Å². The summed E-state index contributed by atoms with van der Waals surface area (Å²) < 4.78 is 7.36. The second-order valence-electron chi connectivity index (χ2n) is 10.5. The van der Waals surface area contributed by atoms with Gasteiger partial charge in [-0.05, 0) is 52.5 Å². The summed E-state index contributed by atoms with van der Waals surface area (Å²) in [5.41, 5.74) is 3.75. The van der Waals surface area contributed by atoms with Crippen LogP contribution in [0.5, 0.6) is 0 Å². The maximum atomic E-state index is 13.5. The minimum absolute atomic E-state index is 0.0716. The Labute approximate surface area is 196 Å². The summed E-state index contributed by atoms with van der Waals surface area (Å²) in [6.45, 7) is 10.5. The van der Waals surface area contributed by atoms with Gasteiger partial charge in [0.2, 0.25) is 0 Å². The van der Waals surface area contributed by atoms with Crippen LogP contribution in [-0.4, -0.2) is 63.4 Å². The molecule has 1 aromatic carbocycles. The van der Waals surface area contributed by atoms with Gasteiger partial charge in [0.15, 0.2) is 0 Å². The van der Waals surface area contributed by atoms with Crippen molar-refractivity contribution in [3.8, 4) is 0 Å². The van der Waals surface area contributed by atoms with Crippen molar-refractivity contribution in [3.05, 3.63) is 52.8 Å². The van der Waals surface area contributed by atoms with E-state index in [9.17, 15) is 9.59 Å². The van der Waals surface area contributed by atoms with Crippen LogP contribution < -0.4 is 0 Å². The molecular formula is C26H36N4O3. The Hall–Kier alpha value is -2.83. The molecule has 2 aliphatic heterocycles. The summed E-state index contributed by atoms with van der Waals surface area (Å²) >= 11 is 0. The van der Waals surface area contributed by atoms with Gasteiger partial charge >= 0.3 is 6.09 Å². The van der Waals surface area contributed by atoms with Crippen LogP contribution in [0.25, 0.3) is 0 Å². The Morgan fingerprint density at radius 3 is 2.21 bits per heavy atom. The topological polar surface area (TPSA) is 67.7 Å². The smallest absolute Gasteiger partial charge is 0.410 e. The van der Waals surface area contributed by atoms with Gasteiger partial charge in [0.25, 0.3) is 5.91 Å². The second kappa shape index (κ2) is 9.20. The fraction of sp³-hybridized carbons (Fsp3) is 0.577. The van der Waals surface area contributed by atoms with E-state index >= 15 is 0 Å². The molecule has 2 saturated heterocycles. The first-order valence-electron chi connectivity index (χ1n) is 12.0.